The van der Waals surface area contributed by atoms with Crippen LogP contribution in [0.2, 0.25) is 0 Å². The minimum Gasteiger partial charge on any atom is -0.494 e. The molecule has 4 aromatic rings. The van der Waals surface area contributed by atoms with Gasteiger partial charge in [-0.1, -0.05) is 54.6 Å². The van der Waals surface area contributed by atoms with Gasteiger partial charge < -0.3 is 10.1 Å². The molecule has 4 rings (SSSR count). The number of aromatic nitrogens is 3. The van der Waals surface area contributed by atoms with E-state index in [0.29, 0.717) is 18.7 Å². The molecule has 6 nitrogen and oxygen atoms in total. The van der Waals surface area contributed by atoms with Crippen LogP contribution in [0.1, 0.15) is 40.0 Å². The summed E-state index contributed by atoms with van der Waals surface area (Å²) in [7, 11) is 0. The molecule has 1 aromatic heterocycles. The average Bonchev–Trinajstić information content (AvgIpc) is 3.32. The third kappa shape index (κ3) is 5.17. The maximum absolute atomic E-state index is 13.0. The van der Waals surface area contributed by atoms with Crippen LogP contribution in [0.5, 0.6) is 5.75 Å². The first kappa shape index (κ1) is 20.3. The van der Waals surface area contributed by atoms with Crippen LogP contribution < -0.4 is 10.1 Å². The molecule has 1 N–H and O–H groups in total. The molecule has 0 bridgehead atoms. The van der Waals surface area contributed by atoms with E-state index >= 15 is 0 Å². The van der Waals surface area contributed by atoms with Crippen LogP contribution in [0.15, 0.2) is 91.5 Å². The van der Waals surface area contributed by atoms with Crippen molar-refractivity contribution in [2.45, 2.75) is 19.5 Å². The molecule has 1 heterocycles. The van der Waals surface area contributed by atoms with Crippen molar-refractivity contribution in [2.75, 3.05) is 6.61 Å². The molecule has 0 unspecified atom stereocenters. The zero-order valence-corrected chi connectivity index (χ0v) is 17.3. The molecule has 31 heavy (non-hydrogen) atoms. The van der Waals surface area contributed by atoms with Crippen LogP contribution in [0, 0.1) is 0 Å². The fraction of sp³-hybridized carbons (Fsp3) is 0.160. The third-order valence-corrected chi connectivity index (χ3v) is 4.96. The van der Waals surface area contributed by atoms with E-state index in [4.69, 9.17) is 4.74 Å². The molecule has 1 atom stereocenters. The standard InChI is InChI=1S/C25H24N4O2/c1-2-31-23-14-12-21(13-15-23)24(20-6-4-3-5-7-20)28-25(30)22-10-8-19(9-11-22)16-29-18-26-17-27-29/h3-15,17-18,24H,2,16H2,1H3,(H,28,30)/t24-/m0/s1. The van der Waals surface area contributed by atoms with Gasteiger partial charge in [0.15, 0.2) is 0 Å². The molecule has 0 saturated heterocycles. The summed E-state index contributed by atoms with van der Waals surface area (Å²) in [6.45, 7) is 3.18. The highest BCUT2D eigenvalue weighted by molar-refractivity contribution is 5.94. The largest absolute Gasteiger partial charge is 0.494 e. The van der Waals surface area contributed by atoms with Crippen molar-refractivity contribution >= 4 is 5.91 Å². The number of hydrogen-bond acceptors (Lipinski definition) is 4. The van der Waals surface area contributed by atoms with Gasteiger partial charge in [-0.3, -0.25) is 4.79 Å². The predicted octanol–water partition coefficient (Wildman–Crippen LogP) is 4.24. The van der Waals surface area contributed by atoms with E-state index in [1.165, 1.54) is 6.33 Å². The molecule has 3 aromatic carbocycles. The van der Waals surface area contributed by atoms with E-state index in [0.717, 1.165) is 22.4 Å². The summed E-state index contributed by atoms with van der Waals surface area (Å²) in [5, 5.41) is 7.29. The molecule has 0 aliphatic carbocycles. The smallest absolute Gasteiger partial charge is 0.252 e. The van der Waals surface area contributed by atoms with Gasteiger partial charge in [0.1, 0.15) is 18.4 Å². The molecule has 0 spiro atoms. The molecule has 0 radical (unpaired) electrons. The van der Waals surface area contributed by atoms with E-state index in [1.807, 2.05) is 85.8 Å². The van der Waals surface area contributed by atoms with E-state index in [2.05, 4.69) is 15.4 Å². The number of nitrogens with zero attached hydrogens (tertiary/aromatic N) is 3. The topological polar surface area (TPSA) is 69.0 Å². The van der Waals surface area contributed by atoms with Crippen molar-refractivity contribution in [3.63, 3.8) is 0 Å². The van der Waals surface area contributed by atoms with Gasteiger partial charge >= 0.3 is 0 Å². The lowest BCUT2D eigenvalue weighted by atomic mass is 9.98. The van der Waals surface area contributed by atoms with Gasteiger partial charge in [-0.2, -0.15) is 5.10 Å². The quantitative estimate of drug-likeness (QED) is 0.470. The van der Waals surface area contributed by atoms with Crippen LogP contribution >= 0.6 is 0 Å². The first-order chi connectivity index (χ1) is 15.2. The maximum Gasteiger partial charge on any atom is 0.252 e. The maximum atomic E-state index is 13.0. The molecule has 0 fully saturated rings. The van der Waals surface area contributed by atoms with Crippen LogP contribution in [-0.2, 0) is 6.54 Å². The Bertz CT molecular complexity index is 1090. The second-order valence-electron chi connectivity index (χ2n) is 7.11. The normalized spacial score (nSPS) is 11.6. The van der Waals surface area contributed by atoms with Gasteiger partial charge in [0.25, 0.3) is 5.91 Å². The molecule has 0 aliphatic rings. The van der Waals surface area contributed by atoms with Crippen molar-refractivity contribution in [3.05, 3.63) is 114 Å². The SMILES string of the molecule is CCOc1ccc([C@@H](NC(=O)c2ccc(Cn3cncn3)cc2)c2ccccc2)cc1. The first-order valence-electron chi connectivity index (χ1n) is 10.2. The van der Waals surface area contributed by atoms with E-state index in [1.54, 1.807) is 11.0 Å². The predicted molar refractivity (Wildman–Crippen MR) is 119 cm³/mol. The fourth-order valence-corrected chi connectivity index (χ4v) is 3.41. The second kappa shape index (κ2) is 9.71. The Morgan fingerprint density at radius 2 is 1.68 bits per heavy atom. The number of carbonyl (C=O) groups excluding carboxylic acids is 1. The minimum absolute atomic E-state index is 0.130. The van der Waals surface area contributed by atoms with Crippen LogP contribution in [0.25, 0.3) is 0 Å². The molecular weight excluding hydrogens is 388 g/mol. The summed E-state index contributed by atoms with van der Waals surface area (Å²) in [4.78, 5) is 17.0. The Morgan fingerprint density at radius 1 is 0.968 bits per heavy atom. The Morgan fingerprint density at radius 3 is 2.32 bits per heavy atom. The number of benzene rings is 3. The van der Waals surface area contributed by atoms with E-state index < -0.39 is 0 Å². The van der Waals surface area contributed by atoms with Gasteiger partial charge in [-0.15, -0.1) is 0 Å². The van der Waals surface area contributed by atoms with E-state index in [9.17, 15) is 4.79 Å². The summed E-state index contributed by atoms with van der Waals surface area (Å²) in [5.74, 6) is 0.683. The number of rotatable bonds is 8. The number of carbonyl (C=O) groups is 1. The Balaban J connectivity index is 1.53. The molecule has 6 heteroatoms. The number of hydrogen-bond donors (Lipinski definition) is 1. The number of amides is 1. The van der Waals surface area contributed by atoms with Gasteiger partial charge in [0, 0.05) is 5.56 Å². The number of ether oxygens (including phenoxy) is 1. The molecule has 0 aliphatic heterocycles. The first-order valence-corrected chi connectivity index (χ1v) is 10.2. The summed E-state index contributed by atoms with van der Waals surface area (Å²) in [5.41, 5.74) is 3.66. The van der Waals surface area contributed by atoms with Crippen molar-refractivity contribution in [3.8, 4) is 5.75 Å². The Hall–Kier alpha value is -3.93. The molecule has 1 amide bonds. The van der Waals surface area contributed by atoms with Gasteiger partial charge in [-0.05, 0) is 47.9 Å². The minimum atomic E-state index is -0.265. The van der Waals surface area contributed by atoms with E-state index in [-0.39, 0.29) is 11.9 Å². The lowest BCUT2D eigenvalue weighted by molar-refractivity contribution is 0.0943. The van der Waals surface area contributed by atoms with Crippen LogP contribution in [0.3, 0.4) is 0 Å². The Labute approximate surface area is 181 Å². The lowest BCUT2D eigenvalue weighted by Crippen LogP contribution is -2.29. The molecule has 156 valence electrons. The van der Waals surface area contributed by atoms with Crippen LogP contribution in [0.4, 0.5) is 0 Å². The molecular formula is C25H24N4O2. The fourth-order valence-electron chi connectivity index (χ4n) is 3.41. The monoisotopic (exact) mass is 412 g/mol. The summed E-state index contributed by atoms with van der Waals surface area (Å²) in [6.07, 6.45) is 3.17. The highest BCUT2D eigenvalue weighted by atomic mass is 16.5. The summed E-state index contributed by atoms with van der Waals surface area (Å²) >= 11 is 0. The zero-order valence-electron chi connectivity index (χ0n) is 17.3. The van der Waals surface area contributed by atoms with Crippen LogP contribution in [-0.4, -0.2) is 27.3 Å². The summed E-state index contributed by atoms with van der Waals surface area (Å²) in [6, 6.07) is 25.1. The van der Waals surface area contributed by atoms with Crippen molar-refractivity contribution in [1.82, 2.24) is 20.1 Å². The highest BCUT2D eigenvalue weighted by Crippen LogP contribution is 2.25. The van der Waals surface area contributed by atoms with Crippen molar-refractivity contribution < 1.29 is 9.53 Å². The van der Waals surface area contributed by atoms with Gasteiger partial charge in [-0.25, -0.2) is 9.67 Å². The Kier molecular flexibility index (Phi) is 6.38. The number of nitrogens with one attached hydrogen (secondary N) is 1. The lowest BCUT2D eigenvalue weighted by Gasteiger charge is -2.20. The van der Waals surface area contributed by atoms with Gasteiger partial charge in [0.2, 0.25) is 0 Å². The zero-order chi connectivity index (χ0) is 21.5. The summed E-state index contributed by atoms with van der Waals surface area (Å²) < 4.78 is 7.29. The average molecular weight is 412 g/mol. The third-order valence-electron chi connectivity index (χ3n) is 4.96. The molecule has 0 saturated carbocycles. The van der Waals surface area contributed by atoms with Crippen molar-refractivity contribution in [1.29, 1.82) is 0 Å². The second-order valence-corrected chi connectivity index (χ2v) is 7.11. The highest BCUT2D eigenvalue weighted by Gasteiger charge is 2.18. The van der Waals surface area contributed by atoms with Gasteiger partial charge in [0.05, 0.1) is 19.2 Å². The van der Waals surface area contributed by atoms with Crippen molar-refractivity contribution in [2.24, 2.45) is 0 Å².